The first kappa shape index (κ1) is 24.3. The molecule has 2 rings (SSSR count). The lowest BCUT2D eigenvalue weighted by Crippen LogP contribution is -2.30. The van der Waals surface area contributed by atoms with Crippen molar-refractivity contribution in [3.63, 3.8) is 0 Å². The van der Waals surface area contributed by atoms with Gasteiger partial charge in [0.2, 0.25) is 5.75 Å². The largest absolute Gasteiger partial charge is 0.508 e. The Bertz CT molecular complexity index is 840. The van der Waals surface area contributed by atoms with E-state index in [1.807, 2.05) is 12.2 Å². The molecule has 2 N–H and O–H groups in total. The van der Waals surface area contributed by atoms with Crippen LogP contribution in [0.2, 0.25) is 0 Å². The molecule has 2 atom stereocenters. The molecule has 0 aliphatic heterocycles. The molecule has 0 saturated heterocycles. The van der Waals surface area contributed by atoms with Gasteiger partial charge in [-0.15, -0.1) is 0 Å². The number of hydrogen-bond acceptors (Lipinski definition) is 8. The summed E-state index contributed by atoms with van der Waals surface area (Å²) in [5, 5.41) is 20.1. The van der Waals surface area contributed by atoms with Gasteiger partial charge in [0.05, 0.1) is 34.5 Å². The lowest BCUT2D eigenvalue weighted by Gasteiger charge is -2.27. The van der Waals surface area contributed by atoms with Crippen LogP contribution in [0.1, 0.15) is 17.2 Å². The van der Waals surface area contributed by atoms with Crippen LogP contribution in [-0.2, 0) is 9.47 Å². The Morgan fingerprint density at radius 2 is 1.58 bits per heavy atom. The molecule has 0 amide bonds. The second-order valence-electron chi connectivity index (χ2n) is 6.57. The Morgan fingerprint density at radius 3 is 2.10 bits per heavy atom. The second kappa shape index (κ2) is 12.0. The minimum absolute atomic E-state index is 0.00968. The molecule has 0 spiro atoms. The molecule has 170 valence electrons. The van der Waals surface area contributed by atoms with E-state index in [0.717, 1.165) is 5.56 Å². The summed E-state index contributed by atoms with van der Waals surface area (Å²) in [6, 6.07) is 8.29. The average Bonchev–Trinajstić information content (AvgIpc) is 2.78. The Kier molecular flexibility index (Phi) is 9.45. The summed E-state index contributed by atoms with van der Waals surface area (Å²) >= 11 is 0. The molecule has 31 heavy (non-hydrogen) atoms. The smallest absolute Gasteiger partial charge is 0.204 e. The molecule has 8 heteroatoms. The molecule has 0 fully saturated rings. The minimum Gasteiger partial charge on any atom is -0.508 e. The summed E-state index contributed by atoms with van der Waals surface area (Å²) in [7, 11) is 7.65. The van der Waals surface area contributed by atoms with E-state index in [1.54, 1.807) is 25.3 Å². The van der Waals surface area contributed by atoms with Crippen molar-refractivity contribution in [3.8, 4) is 28.7 Å². The number of ether oxygens (including phenoxy) is 6. The molecule has 0 aliphatic carbocycles. The monoisotopic (exact) mass is 434 g/mol. The number of aromatic hydroxyl groups is 1. The predicted molar refractivity (Wildman–Crippen MR) is 116 cm³/mol. The van der Waals surface area contributed by atoms with E-state index in [-0.39, 0.29) is 12.4 Å². The van der Waals surface area contributed by atoms with Gasteiger partial charge in [-0.1, -0.05) is 12.2 Å². The van der Waals surface area contributed by atoms with Crippen molar-refractivity contribution < 1.29 is 38.6 Å². The third-order valence-electron chi connectivity index (χ3n) is 4.57. The van der Waals surface area contributed by atoms with E-state index in [1.165, 1.54) is 40.6 Å². The predicted octanol–water partition coefficient (Wildman–Crippen LogP) is 3.21. The number of benzene rings is 2. The zero-order valence-electron chi connectivity index (χ0n) is 18.5. The summed E-state index contributed by atoms with van der Waals surface area (Å²) in [6.45, 7) is 0.108. The number of phenols is 1. The molecule has 0 aromatic heterocycles. The molecular formula is C23H30O8. The highest BCUT2D eigenvalue weighted by Crippen LogP contribution is 2.41. The van der Waals surface area contributed by atoms with Crippen LogP contribution in [-0.4, -0.2) is 65.1 Å². The number of aliphatic hydroxyl groups excluding tert-OH is 1. The van der Waals surface area contributed by atoms with E-state index in [2.05, 4.69) is 0 Å². The molecular weight excluding hydrogens is 404 g/mol. The van der Waals surface area contributed by atoms with Crippen LogP contribution >= 0.6 is 0 Å². The molecule has 8 nitrogen and oxygen atoms in total. The molecule has 0 bridgehead atoms. The molecule has 2 aromatic rings. The van der Waals surface area contributed by atoms with Crippen LogP contribution in [0.5, 0.6) is 28.7 Å². The number of hydrogen-bond donors (Lipinski definition) is 2. The van der Waals surface area contributed by atoms with Crippen LogP contribution < -0.4 is 18.9 Å². The SMILES string of the molecule is COCC=Cc1cc(OC)c(OC(CO)C(OC)c2cc(O)cc(OC)c2)c(OC)c1. The van der Waals surface area contributed by atoms with Crippen LogP contribution in [0.25, 0.3) is 6.08 Å². The molecule has 2 unspecified atom stereocenters. The fourth-order valence-electron chi connectivity index (χ4n) is 3.13. The Hall–Kier alpha value is -2.94. The first-order valence-electron chi connectivity index (χ1n) is 9.60. The van der Waals surface area contributed by atoms with Gasteiger partial charge in [-0.05, 0) is 35.4 Å². The Labute approximate surface area is 182 Å². The van der Waals surface area contributed by atoms with Gasteiger partial charge < -0.3 is 38.6 Å². The Morgan fingerprint density at radius 1 is 0.903 bits per heavy atom. The summed E-state index contributed by atoms with van der Waals surface area (Å²) in [6.07, 6.45) is 2.20. The molecule has 0 saturated carbocycles. The fraction of sp³-hybridized carbons (Fsp3) is 0.391. The van der Waals surface area contributed by atoms with Crippen molar-refractivity contribution >= 4 is 6.08 Å². The molecule has 0 aliphatic rings. The lowest BCUT2D eigenvalue weighted by atomic mass is 10.0. The maximum atomic E-state index is 10.1. The van der Waals surface area contributed by atoms with E-state index in [4.69, 9.17) is 28.4 Å². The fourth-order valence-corrected chi connectivity index (χ4v) is 3.13. The first-order valence-corrected chi connectivity index (χ1v) is 9.60. The summed E-state index contributed by atoms with van der Waals surface area (Å²) in [5.41, 5.74) is 1.41. The Balaban J connectivity index is 2.42. The number of aliphatic hydroxyl groups is 1. The van der Waals surface area contributed by atoms with Crippen LogP contribution in [0, 0.1) is 0 Å². The van der Waals surface area contributed by atoms with Gasteiger partial charge in [-0.3, -0.25) is 0 Å². The summed E-state index contributed by atoms with van der Waals surface area (Å²) in [5.74, 6) is 1.64. The van der Waals surface area contributed by atoms with E-state index in [0.29, 0.717) is 35.2 Å². The zero-order valence-corrected chi connectivity index (χ0v) is 18.5. The highest BCUT2D eigenvalue weighted by atomic mass is 16.6. The zero-order chi connectivity index (χ0) is 22.8. The van der Waals surface area contributed by atoms with E-state index >= 15 is 0 Å². The molecule has 2 aromatic carbocycles. The summed E-state index contributed by atoms with van der Waals surface area (Å²) < 4.78 is 33.0. The highest BCUT2D eigenvalue weighted by Gasteiger charge is 2.28. The van der Waals surface area contributed by atoms with Gasteiger partial charge in [-0.25, -0.2) is 0 Å². The van der Waals surface area contributed by atoms with Crippen molar-refractivity contribution in [2.24, 2.45) is 0 Å². The number of methoxy groups -OCH3 is 5. The van der Waals surface area contributed by atoms with Crippen LogP contribution in [0.4, 0.5) is 0 Å². The highest BCUT2D eigenvalue weighted by molar-refractivity contribution is 5.62. The van der Waals surface area contributed by atoms with Gasteiger partial charge >= 0.3 is 0 Å². The van der Waals surface area contributed by atoms with E-state index < -0.39 is 12.2 Å². The first-order chi connectivity index (χ1) is 15.0. The third-order valence-corrected chi connectivity index (χ3v) is 4.57. The lowest BCUT2D eigenvalue weighted by molar-refractivity contribution is -0.0274. The maximum Gasteiger partial charge on any atom is 0.204 e. The van der Waals surface area contributed by atoms with Gasteiger partial charge in [0.25, 0.3) is 0 Å². The topological polar surface area (TPSA) is 95.8 Å². The second-order valence-corrected chi connectivity index (χ2v) is 6.57. The maximum absolute atomic E-state index is 10.1. The normalized spacial score (nSPS) is 13.1. The summed E-state index contributed by atoms with van der Waals surface area (Å²) in [4.78, 5) is 0. The van der Waals surface area contributed by atoms with Crippen LogP contribution in [0.3, 0.4) is 0 Å². The standard InChI is InChI=1S/C23H30O8/c1-26-8-6-7-15-9-19(28-3)23(20(10-15)29-4)31-21(14-24)22(30-5)16-11-17(25)13-18(12-16)27-2/h6-7,9-13,21-22,24-25H,8,14H2,1-5H3. The van der Waals surface area contributed by atoms with Gasteiger partial charge in [-0.2, -0.15) is 0 Å². The van der Waals surface area contributed by atoms with E-state index in [9.17, 15) is 10.2 Å². The average molecular weight is 434 g/mol. The van der Waals surface area contributed by atoms with Crippen molar-refractivity contribution in [2.45, 2.75) is 12.2 Å². The molecule has 0 heterocycles. The third kappa shape index (κ3) is 6.27. The van der Waals surface area contributed by atoms with Crippen LogP contribution in [0.15, 0.2) is 36.4 Å². The van der Waals surface area contributed by atoms with Gasteiger partial charge in [0, 0.05) is 20.3 Å². The minimum atomic E-state index is -0.825. The van der Waals surface area contributed by atoms with Crippen molar-refractivity contribution in [2.75, 3.05) is 48.8 Å². The van der Waals surface area contributed by atoms with Crippen molar-refractivity contribution in [1.82, 2.24) is 0 Å². The van der Waals surface area contributed by atoms with Gasteiger partial charge in [0.1, 0.15) is 17.6 Å². The van der Waals surface area contributed by atoms with Gasteiger partial charge in [0.15, 0.2) is 17.6 Å². The molecule has 0 radical (unpaired) electrons. The quantitative estimate of drug-likeness (QED) is 0.526. The number of rotatable bonds is 12. The van der Waals surface area contributed by atoms with Crippen molar-refractivity contribution in [3.05, 3.63) is 47.5 Å². The van der Waals surface area contributed by atoms with Crippen molar-refractivity contribution in [1.29, 1.82) is 0 Å². The number of phenolic OH excluding ortho intramolecular Hbond substituents is 1.